The van der Waals surface area contributed by atoms with Gasteiger partial charge in [-0.1, -0.05) is 26.8 Å². The number of hydrogen-bond acceptors (Lipinski definition) is 4. The van der Waals surface area contributed by atoms with Crippen LogP contribution in [0.2, 0.25) is 0 Å². The molecule has 0 bridgehead atoms. The number of nitrogens with zero attached hydrogens (tertiary/aromatic N) is 2. The van der Waals surface area contributed by atoms with Gasteiger partial charge in [-0.25, -0.2) is 9.29 Å². The first-order valence-electron chi connectivity index (χ1n) is 5.91. The van der Waals surface area contributed by atoms with E-state index in [0.29, 0.717) is 6.04 Å². The SMILES string of the molecule is CN[C@H](CN(C)Sc1ccccn1)C(C)(C)C. The van der Waals surface area contributed by atoms with Crippen molar-refractivity contribution in [3.63, 3.8) is 0 Å². The predicted octanol–water partition coefficient (Wildman–Crippen LogP) is 2.65. The molecule has 0 aliphatic heterocycles. The van der Waals surface area contributed by atoms with E-state index in [0.717, 1.165) is 11.6 Å². The van der Waals surface area contributed by atoms with E-state index in [1.165, 1.54) is 0 Å². The molecule has 0 saturated carbocycles. The summed E-state index contributed by atoms with van der Waals surface area (Å²) in [5.41, 5.74) is 0.258. The first kappa shape index (κ1) is 14.5. The van der Waals surface area contributed by atoms with Gasteiger partial charge < -0.3 is 5.32 Å². The van der Waals surface area contributed by atoms with Crippen LogP contribution in [-0.4, -0.2) is 36.0 Å². The molecule has 1 N–H and O–H groups in total. The first-order chi connectivity index (χ1) is 7.93. The topological polar surface area (TPSA) is 28.2 Å². The van der Waals surface area contributed by atoms with Gasteiger partial charge in [-0.05, 0) is 43.6 Å². The van der Waals surface area contributed by atoms with Crippen molar-refractivity contribution in [2.75, 3.05) is 20.6 Å². The number of likely N-dealkylation sites (N-methyl/N-ethyl adjacent to an activating group) is 2. The Morgan fingerprint density at radius 3 is 2.59 bits per heavy atom. The molecule has 4 heteroatoms. The highest BCUT2D eigenvalue weighted by molar-refractivity contribution is 7.96. The third-order valence-electron chi connectivity index (χ3n) is 2.72. The largest absolute Gasteiger partial charge is 0.315 e. The highest BCUT2D eigenvalue weighted by atomic mass is 32.2. The fourth-order valence-corrected chi connectivity index (χ4v) is 2.44. The van der Waals surface area contributed by atoms with Gasteiger partial charge in [0.2, 0.25) is 0 Å². The molecule has 17 heavy (non-hydrogen) atoms. The Bertz CT molecular complexity index is 321. The summed E-state index contributed by atoms with van der Waals surface area (Å²) in [5, 5.41) is 4.42. The highest BCUT2D eigenvalue weighted by Gasteiger charge is 2.24. The van der Waals surface area contributed by atoms with Gasteiger partial charge in [-0.15, -0.1) is 0 Å². The Kier molecular flexibility index (Phi) is 5.43. The van der Waals surface area contributed by atoms with E-state index in [9.17, 15) is 0 Å². The summed E-state index contributed by atoms with van der Waals surface area (Å²) >= 11 is 1.69. The number of aromatic nitrogens is 1. The van der Waals surface area contributed by atoms with Crippen LogP contribution < -0.4 is 5.32 Å². The molecule has 1 heterocycles. The average Bonchev–Trinajstić information content (AvgIpc) is 2.25. The lowest BCUT2D eigenvalue weighted by atomic mass is 9.87. The van der Waals surface area contributed by atoms with E-state index >= 15 is 0 Å². The maximum absolute atomic E-state index is 4.31. The molecule has 0 saturated heterocycles. The molecule has 1 aromatic heterocycles. The molecule has 1 aromatic rings. The third-order valence-corrected chi connectivity index (χ3v) is 3.61. The summed E-state index contributed by atoms with van der Waals surface area (Å²) in [4.78, 5) is 4.31. The fourth-order valence-electron chi connectivity index (χ4n) is 1.65. The van der Waals surface area contributed by atoms with E-state index in [1.54, 1.807) is 11.9 Å². The van der Waals surface area contributed by atoms with Crippen LogP contribution in [0.5, 0.6) is 0 Å². The second-order valence-electron chi connectivity index (χ2n) is 5.28. The predicted molar refractivity (Wildman–Crippen MR) is 75.0 cm³/mol. The zero-order valence-electron chi connectivity index (χ0n) is 11.4. The number of nitrogens with one attached hydrogen (secondary N) is 1. The van der Waals surface area contributed by atoms with Crippen LogP contribution in [0.3, 0.4) is 0 Å². The molecule has 0 aliphatic rings. The molecule has 3 nitrogen and oxygen atoms in total. The molecule has 0 aliphatic carbocycles. The molecule has 0 aromatic carbocycles. The van der Waals surface area contributed by atoms with Gasteiger partial charge in [0.1, 0.15) is 5.03 Å². The minimum absolute atomic E-state index is 0.258. The molecule has 0 unspecified atom stereocenters. The summed E-state index contributed by atoms with van der Waals surface area (Å²) in [6, 6.07) is 6.45. The van der Waals surface area contributed by atoms with Crippen molar-refractivity contribution in [1.29, 1.82) is 0 Å². The van der Waals surface area contributed by atoms with Gasteiger partial charge >= 0.3 is 0 Å². The van der Waals surface area contributed by atoms with Crippen molar-refractivity contribution in [3.8, 4) is 0 Å². The molecule has 1 rings (SSSR count). The average molecular weight is 253 g/mol. The maximum Gasteiger partial charge on any atom is 0.111 e. The quantitative estimate of drug-likeness (QED) is 0.817. The molecule has 0 radical (unpaired) electrons. The Morgan fingerprint density at radius 1 is 1.41 bits per heavy atom. The summed E-state index contributed by atoms with van der Waals surface area (Å²) in [6.45, 7) is 7.76. The minimum atomic E-state index is 0.258. The lowest BCUT2D eigenvalue weighted by Gasteiger charge is -2.33. The van der Waals surface area contributed by atoms with E-state index in [4.69, 9.17) is 0 Å². The van der Waals surface area contributed by atoms with Crippen LogP contribution >= 0.6 is 11.9 Å². The molecule has 0 spiro atoms. The van der Waals surface area contributed by atoms with Gasteiger partial charge in [0.25, 0.3) is 0 Å². The lowest BCUT2D eigenvalue weighted by Crippen LogP contribution is -2.44. The zero-order valence-corrected chi connectivity index (χ0v) is 12.2. The van der Waals surface area contributed by atoms with Crippen LogP contribution in [0.15, 0.2) is 29.4 Å². The van der Waals surface area contributed by atoms with E-state index in [1.807, 2.05) is 31.4 Å². The Hall–Kier alpha value is -0.580. The van der Waals surface area contributed by atoms with Gasteiger partial charge in [0, 0.05) is 18.8 Å². The monoisotopic (exact) mass is 253 g/mol. The summed E-state index contributed by atoms with van der Waals surface area (Å²) < 4.78 is 2.23. The van der Waals surface area contributed by atoms with Crippen LogP contribution in [0, 0.1) is 5.41 Å². The van der Waals surface area contributed by atoms with Crippen molar-refractivity contribution >= 4 is 11.9 Å². The van der Waals surface area contributed by atoms with Gasteiger partial charge in [-0.2, -0.15) is 0 Å². The maximum atomic E-state index is 4.31. The van der Waals surface area contributed by atoms with Crippen molar-refractivity contribution in [2.24, 2.45) is 5.41 Å². The zero-order chi connectivity index (χ0) is 12.9. The Balaban J connectivity index is 2.51. The third kappa shape index (κ3) is 5.06. The number of pyridine rings is 1. The van der Waals surface area contributed by atoms with Crippen LogP contribution in [0.25, 0.3) is 0 Å². The van der Waals surface area contributed by atoms with E-state index in [-0.39, 0.29) is 5.41 Å². The van der Waals surface area contributed by atoms with Crippen LogP contribution in [0.1, 0.15) is 20.8 Å². The summed E-state index contributed by atoms with van der Waals surface area (Å²) in [7, 11) is 4.13. The molecule has 0 amide bonds. The van der Waals surface area contributed by atoms with E-state index < -0.39 is 0 Å². The standard InChI is InChI=1S/C13H23N3S/c1-13(2,3)11(14-4)10-16(5)17-12-8-6-7-9-15-12/h6-9,11,14H,10H2,1-5H3/t11-/m1/s1. The van der Waals surface area contributed by atoms with Gasteiger partial charge in [0.15, 0.2) is 0 Å². The first-order valence-corrected chi connectivity index (χ1v) is 6.68. The normalized spacial score (nSPS) is 14.0. The Morgan fingerprint density at radius 2 is 2.12 bits per heavy atom. The molecule has 96 valence electrons. The van der Waals surface area contributed by atoms with Crippen molar-refractivity contribution in [2.45, 2.75) is 31.8 Å². The highest BCUT2D eigenvalue weighted by Crippen LogP contribution is 2.24. The summed E-state index contributed by atoms with van der Waals surface area (Å²) in [6.07, 6.45) is 1.83. The van der Waals surface area contributed by atoms with Gasteiger partial charge in [0.05, 0.1) is 0 Å². The van der Waals surface area contributed by atoms with Crippen molar-refractivity contribution in [1.82, 2.24) is 14.6 Å². The van der Waals surface area contributed by atoms with Crippen molar-refractivity contribution in [3.05, 3.63) is 24.4 Å². The van der Waals surface area contributed by atoms with Gasteiger partial charge in [-0.3, -0.25) is 0 Å². The number of hydrogen-bond donors (Lipinski definition) is 1. The molecular weight excluding hydrogens is 230 g/mol. The smallest absolute Gasteiger partial charge is 0.111 e. The van der Waals surface area contributed by atoms with Crippen LogP contribution in [-0.2, 0) is 0 Å². The molecule has 0 fully saturated rings. The molecule has 1 atom stereocenters. The van der Waals surface area contributed by atoms with Crippen molar-refractivity contribution < 1.29 is 0 Å². The fraction of sp³-hybridized carbons (Fsp3) is 0.615. The van der Waals surface area contributed by atoms with Crippen LogP contribution in [0.4, 0.5) is 0 Å². The number of rotatable bonds is 5. The Labute approximate surface area is 109 Å². The molecular formula is C13H23N3S. The summed E-state index contributed by atoms with van der Waals surface area (Å²) in [5.74, 6) is 0. The second kappa shape index (κ2) is 6.38. The van der Waals surface area contributed by atoms with E-state index in [2.05, 4.69) is 42.4 Å². The minimum Gasteiger partial charge on any atom is -0.315 e. The lowest BCUT2D eigenvalue weighted by molar-refractivity contribution is 0.252. The second-order valence-corrected chi connectivity index (χ2v) is 6.50.